The number of hydrogen-bond donors (Lipinski definition) is 2. The Balaban J connectivity index is 0.00000176. The summed E-state index contributed by atoms with van der Waals surface area (Å²) in [4.78, 5) is 20.0. The van der Waals surface area contributed by atoms with Crippen molar-refractivity contribution in [2.24, 2.45) is 0 Å². The fraction of sp³-hybridized carbons (Fsp3) is 0.267. The number of rotatable bonds is 4. The second kappa shape index (κ2) is 7.72. The number of benzene rings is 1. The first-order chi connectivity index (χ1) is 10.3. The van der Waals surface area contributed by atoms with Crippen molar-refractivity contribution < 1.29 is 9.53 Å². The van der Waals surface area contributed by atoms with Gasteiger partial charge in [-0.1, -0.05) is 6.07 Å². The van der Waals surface area contributed by atoms with Crippen molar-refractivity contribution in [3.05, 3.63) is 42.9 Å². The number of ether oxygens (including phenoxy) is 1. The van der Waals surface area contributed by atoms with Gasteiger partial charge in [0.15, 0.2) is 0 Å². The average molecular weight is 321 g/mol. The Bertz CT molecular complexity index is 618. The van der Waals surface area contributed by atoms with Crippen molar-refractivity contribution in [1.29, 1.82) is 0 Å². The van der Waals surface area contributed by atoms with Gasteiger partial charge in [0.2, 0.25) is 11.8 Å². The van der Waals surface area contributed by atoms with E-state index >= 15 is 0 Å². The summed E-state index contributed by atoms with van der Waals surface area (Å²) in [5.41, 5.74) is 0.704. The molecule has 1 saturated heterocycles. The number of nitrogens with zero attached hydrogens (tertiary/aromatic N) is 2. The Hall–Kier alpha value is -2.18. The standard InChI is InChI=1S/C15H16N4O2.ClH/c20-15(13-5-2-6-17-13)19-11-3-1-4-12(9-11)21-14-10-16-7-8-18-14;/h1,3-4,7-10,13,17H,2,5-6H2,(H,19,20);1H. The molecule has 6 nitrogen and oxygen atoms in total. The molecule has 2 aromatic rings. The summed E-state index contributed by atoms with van der Waals surface area (Å²) in [5, 5.41) is 6.06. The maximum absolute atomic E-state index is 12.0. The molecule has 0 aliphatic carbocycles. The number of nitrogens with one attached hydrogen (secondary N) is 2. The van der Waals surface area contributed by atoms with Gasteiger partial charge in [-0.3, -0.25) is 9.78 Å². The topological polar surface area (TPSA) is 76.1 Å². The third-order valence-electron chi connectivity index (χ3n) is 3.24. The van der Waals surface area contributed by atoms with E-state index in [-0.39, 0.29) is 24.4 Å². The third kappa shape index (κ3) is 4.16. The lowest BCUT2D eigenvalue weighted by atomic mass is 10.2. The summed E-state index contributed by atoms with van der Waals surface area (Å²) in [7, 11) is 0. The zero-order chi connectivity index (χ0) is 14.5. The molecule has 0 spiro atoms. The minimum absolute atomic E-state index is 0. The highest BCUT2D eigenvalue weighted by Gasteiger charge is 2.21. The molecule has 3 rings (SSSR count). The van der Waals surface area contributed by atoms with Crippen LogP contribution in [0, 0.1) is 0 Å². The van der Waals surface area contributed by atoms with Gasteiger partial charge in [0.25, 0.3) is 0 Å². The number of amides is 1. The van der Waals surface area contributed by atoms with Crippen molar-refractivity contribution in [3.8, 4) is 11.6 Å². The molecule has 2 N–H and O–H groups in total. The van der Waals surface area contributed by atoms with Gasteiger partial charge in [0.1, 0.15) is 5.75 Å². The van der Waals surface area contributed by atoms with E-state index in [2.05, 4.69) is 20.6 Å². The molecule has 1 amide bonds. The first-order valence-electron chi connectivity index (χ1n) is 6.89. The summed E-state index contributed by atoms with van der Waals surface area (Å²) in [5.74, 6) is 1.01. The molecular weight excluding hydrogens is 304 g/mol. The van der Waals surface area contributed by atoms with Crippen LogP contribution < -0.4 is 15.4 Å². The summed E-state index contributed by atoms with van der Waals surface area (Å²) < 4.78 is 5.59. The lowest BCUT2D eigenvalue weighted by Crippen LogP contribution is -2.35. The Kier molecular flexibility index (Phi) is 5.68. The van der Waals surface area contributed by atoms with E-state index in [1.54, 1.807) is 24.5 Å². The predicted molar refractivity (Wildman–Crippen MR) is 85.5 cm³/mol. The second-order valence-corrected chi connectivity index (χ2v) is 4.81. The van der Waals surface area contributed by atoms with Crippen LogP contribution in [0.1, 0.15) is 12.8 Å². The lowest BCUT2D eigenvalue weighted by Gasteiger charge is -2.12. The third-order valence-corrected chi connectivity index (χ3v) is 3.24. The van der Waals surface area contributed by atoms with Gasteiger partial charge in [-0.2, -0.15) is 0 Å². The second-order valence-electron chi connectivity index (χ2n) is 4.81. The highest BCUT2D eigenvalue weighted by Crippen LogP contribution is 2.22. The molecule has 0 saturated carbocycles. The van der Waals surface area contributed by atoms with E-state index < -0.39 is 0 Å². The van der Waals surface area contributed by atoms with Crippen molar-refractivity contribution in [3.63, 3.8) is 0 Å². The molecule has 1 aromatic heterocycles. The van der Waals surface area contributed by atoms with Crippen LogP contribution in [0.5, 0.6) is 11.6 Å². The molecular formula is C15H17ClN4O2. The number of hydrogen-bond acceptors (Lipinski definition) is 5. The van der Waals surface area contributed by atoms with E-state index in [1.807, 2.05) is 12.1 Å². The molecule has 1 aromatic carbocycles. The van der Waals surface area contributed by atoms with Crippen LogP contribution in [0.4, 0.5) is 5.69 Å². The Morgan fingerprint density at radius 3 is 3.00 bits per heavy atom. The number of carbonyl (C=O) groups excluding carboxylic acids is 1. The summed E-state index contributed by atoms with van der Waals surface area (Å²) >= 11 is 0. The summed E-state index contributed by atoms with van der Waals surface area (Å²) in [6.07, 6.45) is 6.59. The zero-order valence-corrected chi connectivity index (χ0v) is 12.7. The molecule has 1 unspecified atom stereocenters. The van der Waals surface area contributed by atoms with E-state index in [1.165, 1.54) is 6.20 Å². The van der Waals surface area contributed by atoms with Gasteiger partial charge in [-0.25, -0.2) is 4.98 Å². The average Bonchev–Trinajstić information content (AvgIpc) is 3.03. The number of halogens is 1. The molecule has 0 bridgehead atoms. The molecule has 7 heteroatoms. The molecule has 0 radical (unpaired) electrons. The predicted octanol–water partition coefficient (Wildman–Crippen LogP) is 2.38. The van der Waals surface area contributed by atoms with Crippen LogP contribution in [-0.2, 0) is 4.79 Å². The van der Waals surface area contributed by atoms with Gasteiger partial charge in [0.05, 0.1) is 12.2 Å². The Labute approximate surface area is 134 Å². The van der Waals surface area contributed by atoms with Crippen LogP contribution in [0.25, 0.3) is 0 Å². The summed E-state index contributed by atoms with van der Waals surface area (Å²) in [6, 6.07) is 7.12. The van der Waals surface area contributed by atoms with Crippen LogP contribution in [-0.4, -0.2) is 28.5 Å². The molecule has 1 atom stereocenters. The first kappa shape index (κ1) is 16.2. The lowest BCUT2D eigenvalue weighted by molar-refractivity contribution is -0.117. The smallest absolute Gasteiger partial charge is 0.241 e. The number of aromatic nitrogens is 2. The number of carbonyl (C=O) groups is 1. The highest BCUT2D eigenvalue weighted by atomic mass is 35.5. The van der Waals surface area contributed by atoms with Crippen molar-refractivity contribution in [1.82, 2.24) is 15.3 Å². The zero-order valence-electron chi connectivity index (χ0n) is 11.9. The van der Waals surface area contributed by atoms with Crippen molar-refractivity contribution >= 4 is 24.0 Å². The highest BCUT2D eigenvalue weighted by molar-refractivity contribution is 5.95. The van der Waals surface area contributed by atoms with Gasteiger partial charge in [-0.15, -0.1) is 12.4 Å². The SMILES string of the molecule is Cl.O=C(Nc1cccc(Oc2cnccn2)c1)C1CCCN1. The van der Waals surface area contributed by atoms with Gasteiger partial charge in [0, 0.05) is 24.1 Å². The Morgan fingerprint density at radius 1 is 1.36 bits per heavy atom. The molecule has 116 valence electrons. The fourth-order valence-electron chi connectivity index (χ4n) is 2.23. The van der Waals surface area contributed by atoms with Gasteiger partial charge >= 0.3 is 0 Å². The Morgan fingerprint density at radius 2 is 2.27 bits per heavy atom. The van der Waals surface area contributed by atoms with Crippen LogP contribution >= 0.6 is 12.4 Å². The van der Waals surface area contributed by atoms with Crippen molar-refractivity contribution in [2.45, 2.75) is 18.9 Å². The van der Waals surface area contributed by atoms with Crippen LogP contribution in [0.3, 0.4) is 0 Å². The van der Waals surface area contributed by atoms with Crippen LogP contribution in [0.15, 0.2) is 42.9 Å². The normalized spacial score (nSPS) is 16.6. The molecule has 1 aliphatic rings. The monoisotopic (exact) mass is 320 g/mol. The van der Waals surface area contributed by atoms with E-state index in [0.717, 1.165) is 19.4 Å². The maximum atomic E-state index is 12.0. The maximum Gasteiger partial charge on any atom is 0.241 e. The van der Waals surface area contributed by atoms with E-state index in [4.69, 9.17) is 4.74 Å². The van der Waals surface area contributed by atoms with Crippen molar-refractivity contribution in [2.75, 3.05) is 11.9 Å². The molecule has 22 heavy (non-hydrogen) atoms. The molecule has 1 aliphatic heterocycles. The largest absolute Gasteiger partial charge is 0.437 e. The fourth-order valence-corrected chi connectivity index (χ4v) is 2.23. The minimum atomic E-state index is -0.102. The number of anilines is 1. The van der Waals surface area contributed by atoms with Crippen LogP contribution in [0.2, 0.25) is 0 Å². The quantitative estimate of drug-likeness (QED) is 0.904. The van der Waals surface area contributed by atoms with Gasteiger partial charge in [-0.05, 0) is 31.5 Å². The summed E-state index contributed by atoms with van der Waals surface area (Å²) in [6.45, 7) is 0.897. The van der Waals surface area contributed by atoms with Gasteiger partial charge < -0.3 is 15.4 Å². The van der Waals surface area contributed by atoms with E-state index in [9.17, 15) is 4.79 Å². The molecule has 2 heterocycles. The van der Waals surface area contributed by atoms with E-state index in [0.29, 0.717) is 17.3 Å². The molecule has 1 fully saturated rings. The minimum Gasteiger partial charge on any atom is -0.437 e. The first-order valence-corrected chi connectivity index (χ1v) is 6.89.